The van der Waals surface area contributed by atoms with Gasteiger partial charge in [0, 0.05) is 24.7 Å². The second-order valence-electron chi connectivity index (χ2n) is 2.88. The maximum atomic E-state index is 11.2. The van der Waals surface area contributed by atoms with Crippen molar-refractivity contribution in [2.45, 2.75) is 13.0 Å². The van der Waals surface area contributed by atoms with E-state index in [0.29, 0.717) is 31.0 Å². The minimum atomic E-state index is -0.115. The highest BCUT2D eigenvalue weighted by Gasteiger charge is 2.20. The summed E-state index contributed by atoms with van der Waals surface area (Å²) in [5, 5.41) is 2.68. The van der Waals surface area contributed by atoms with Crippen molar-refractivity contribution in [3.63, 3.8) is 0 Å². The Balaban J connectivity index is 2.36. The topological polar surface area (TPSA) is 80.9 Å². The molecular formula is C8H10N4O. The monoisotopic (exact) mass is 178 g/mol. The third-order valence-electron chi connectivity index (χ3n) is 1.94. The molecule has 68 valence electrons. The van der Waals surface area contributed by atoms with Gasteiger partial charge in [0.05, 0.1) is 0 Å². The maximum absolute atomic E-state index is 11.2. The van der Waals surface area contributed by atoms with Crippen molar-refractivity contribution in [2.24, 2.45) is 5.73 Å². The zero-order valence-electron chi connectivity index (χ0n) is 7.08. The van der Waals surface area contributed by atoms with Crippen LogP contribution in [0, 0.1) is 0 Å². The van der Waals surface area contributed by atoms with Gasteiger partial charge in [-0.3, -0.25) is 4.79 Å². The molecule has 0 aromatic carbocycles. The SMILES string of the molecule is NCCc1ncc2c(n1)C(=O)NC2. The second kappa shape index (κ2) is 3.10. The van der Waals surface area contributed by atoms with Gasteiger partial charge < -0.3 is 11.1 Å². The summed E-state index contributed by atoms with van der Waals surface area (Å²) in [4.78, 5) is 19.4. The van der Waals surface area contributed by atoms with E-state index in [1.807, 2.05) is 0 Å². The Morgan fingerprint density at radius 2 is 2.46 bits per heavy atom. The molecule has 0 atom stereocenters. The Morgan fingerprint density at radius 1 is 1.62 bits per heavy atom. The van der Waals surface area contributed by atoms with Gasteiger partial charge in [0.25, 0.3) is 5.91 Å². The largest absolute Gasteiger partial charge is 0.346 e. The van der Waals surface area contributed by atoms with E-state index < -0.39 is 0 Å². The summed E-state index contributed by atoms with van der Waals surface area (Å²) >= 11 is 0. The lowest BCUT2D eigenvalue weighted by Gasteiger charge is -1.98. The van der Waals surface area contributed by atoms with Gasteiger partial charge >= 0.3 is 0 Å². The highest BCUT2D eigenvalue weighted by molar-refractivity contribution is 5.96. The molecule has 0 spiro atoms. The van der Waals surface area contributed by atoms with Gasteiger partial charge in [0.2, 0.25) is 0 Å². The Labute approximate surface area is 75.4 Å². The zero-order chi connectivity index (χ0) is 9.26. The van der Waals surface area contributed by atoms with Crippen LogP contribution in [-0.4, -0.2) is 22.4 Å². The predicted octanol–water partition coefficient (Wildman–Crippen LogP) is -0.779. The van der Waals surface area contributed by atoms with Gasteiger partial charge in [-0.05, 0) is 6.54 Å². The van der Waals surface area contributed by atoms with Crippen molar-refractivity contribution >= 4 is 5.91 Å². The number of aromatic nitrogens is 2. The summed E-state index contributed by atoms with van der Waals surface area (Å²) in [5.41, 5.74) is 6.72. The Hall–Kier alpha value is -1.49. The minimum absolute atomic E-state index is 0.115. The lowest BCUT2D eigenvalue weighted by atomic mass is 10.2. The molecule has 0 saturated carbocycles. The van der Waals surface area contributed by atoms with Crippen LogP contribution in [0.3, 0.4) is 0 Å². The first-order chi connectivity index (χ1) is 6.31. The molecule has 0 aliphatic carbocycles. The number of carbonyl (C=O) groups is 1. The van der Waals surface area contributed by atoms with E-state index in [1.54, 1.807) is 6.20 Å². The number of rotatable bonds is 2. The number of fused-ring (bicyclic) bond motifs is 1. The summed E-state index contributed by atoms with van der Waals surface area (Å²) in [7, 11) is 0. The van der Waals surface area contributed by atoms with Crippen molar-refractivity contribution < 1.29 is 4.79 Å². The highest BCUT2D eigenvalue weighted by Crippen LogP contribution is 2.11. The first kappa shape index (κ1) is 8.12. The molecule has 1 aromatic rings. The molecule has 1 aliphatic rings. The van der Waals surface area contributed by atoms with Gasteiger partial charge in [-0.1, -0.05) is 0 Å². The minimum Gasteiger partial charge on any atom is -0.346 e. The number of hydrogen-bond donors (Lipinski definition) is 2. The van der Waals surface area contributed by atoms with Gasteiger partial charge in [-0.2, -0.15) is 0 Å². The normalized spacial score (nSPS) is 14.1. The Bertz CT molecular complexity index is 350. The highest BCUT2D eigenvalue weighted by atomic mass is 16.2. The predicted molar refractivity (Wildman–Crippen MR) is 46.0 cm³/mol. The van der Waals surface area contributed by atoms with Crippen molar-refractivity contribution in [1.29, 1.82) is 0 Å². The van der Waals surface area contributed by atoms with Crippen LogP contribution in [0.25, 0.3) is 0 Å². The molecule has 0 fully saturated rings. The van der Waals surface area contributed by atoms with Crippen LogP contribution in [-0.2, 0) is 13.0 Å². The number of nitrogens with zero attached hydrogens (tertiary/aromatic N) is 2. The first-order valence-electron chi connectivity index (χ1n) is 4.14. The Kier molecular flexibility index (Phi) is 1.94. The molecule has 5 nitrogen and oxygen atoms in total. The van der Waals surface area contributed by atoms with E-state index in [4.69, 9.17) is 5.73 Å². The number of nitrogens with one attached hydrogen (secondary N) is 1. The molecule has 0 unspecified atom stereocenters. The lowest BCUT2D eigenvalue weighted by molar-refractivity contribution is 0.0961. The van der Waals surface area contributed by atoms with Crippen molar-refractivity contribution in [3.8, 4) is 0 Å². The zero-order valence-corrected chi connectivity index (χ0v) is 7.08. The van der Waals surface area contributed by atoms with E-state index in [0.717, 1.165) is 5.56 Å². The molecule has 1 aliphatic heterocycles. The van der Waals surface area contributed by atoms with Crippen LogP contribution >= 0.6 is 0 Å². The van der Waals surface area contributed by atoms with Crippen molar-refractivity contribution in [3.05, 3.63) is 23.3 Å². The quantitative estimate of drug-likeness (QED) is 0.622. The first-order valence-corrected chi connectivity index (χ1v) is 4.14. The van der Waals surface area contributed by atoms with E-state index >= 15 is 0 Å². The average Bonchev–Trinajstić information content (AvgIpc) is 2.49. The molecule has 2 rings (SSSR count). The average molecular weight is 178 g/mol. The van der Waals surface area contributed by atoms with E-state index in [1.165, 1.54) is 0 Å². The smallest absolute Gasteiger partial charge is 0.270 e. The molecular weight excluding hydrogens is 168 g/mol. The molecule has 0 saturated heterocycles. The number of hydrogen-bond acceptors (Lipinski definition) is 4. The third kappa shape index (κ3) is 1.38. The van der Waals surface area contributed by atoms with Crippen LogP contribution < -0.4 is 11.1 Å². The molecule has 0 bridgehead atoms. The fourth-order valence-corrected chi connectivity index (χ4v) is 1.28. The maximum Gasteiger partial charge on any atom is 0.270 e. The van der Waals surface area contributed by atoms with Gasteiger partial charge in [-0.15, -0.1) is 0 Å². The molecule has 1 aromatic heterocycles. The van der Waals surface area contributed by atoms with E-state index in [2.05, 4.69) is 15.3 Å². The fraction of sp³-hybridized carbons (Fsp3) is 0.375. The number of amides is 1. The molecule has 1 amide bonds. The summed E-state index contributed by atoms with van der Waals surface area (Å²) < 4.78 is 0. The lowest BCUT2D eigenvalue weighted by Crippen LogP contribution is -2.14. The van der Waals surface area contributed by atoms with E-state index in [-0.39, 0.29) is 5.91 Å². The molecule has 5 heteroatoms. The van der Waals surface area contributed by atoms with Crippen LogP contribution in [0.5, 0.6) is 0 Å². The van der Waals surface area contributed by atoms with Crippen LogP contribution in [0.4, 0.5) is 0 Å². The van der Waals surface area contributed by atoms with Gasteiger partial charge in [0.15, 0.2) is 0 Å². The van der Waals surface area contributed by atoms with Crippen LogP contribution in [0.15, 0.2) is 6.20 Å². The van der Waals surface area contributed by atoms with E-state index in [9.17, 15) is 4.79 Å². The standard InChI is InChI=1S/C8H10N4O/c9-2-1-6-10-3-5-4-11-8(13)7(5)12-6/h3H,1-2,4,9H2,(H,11,13). The van der Waals surface area contributed by atoms with Crippen molar-refractivity contribution in [2.75, 3.05) is 6.54 Å². The number of carbonyl (C=O) groups excluding carboxylic acids is 1. The Morgan fingerprint density at radius 3 is 3.23 bits per heavy atom. The molecule has 3 N–H and O–H groups in total. The molecule has 13 heavy (non-hydrogen) atoms. The fourth-order valence-electron chi connectivity index (χ4n) is 1.28. The summed E-state index contributed by atoms with van der Waals surface area (Å²) in [5.74, 6) is 0.522. The molecule has 0 radical (unpaired) electrons. The van der Waals surface area contributed by atoms with Crippen molar-refractivity contribution in [1.82, 2.24) is 15.3 Å². The van der Waals surface area contributed by atoms with Crippen LogP contribution in [0.2, 0.25) is 0 Å². The summed E-state index contributed by atoms with van der Waals surface area (Å²) in [6, 6.07) is 0. The summed E-state index contributed by atoms with van der Waals surface area (Å²) in [6.07, 6.45) is 2.30. The van der Waals surface area contributed by atoms with Crippen LogP contribution in [0.1, 0.15) is 21.9 Å². The van der Waals surface area contributed by atoms with Gasteiger partial charge in [-0.25, -0.2) is 9.97 Å². The summed E-state index contributed by atoms with van der Waals surface area (Å²) in [6.45, 7) is 1.04. The molecule has 2 heterocycles. The third-order valence-corrected chi connectivity index (χ3v) is 1.94. The van der Waals surface area contributed by atoms with Gasteiger partial charge in [0.1, 0.15) is 11.5 Å². The number of nitrogens with two attached hydrogens (primary N) is 1. The second-order valence-corrected chi connectivity index (χ2v) is 2.88.